The minimum Gasteiger partial charge on any atom is -0.143 e. The van der Waals surface area contributed by atoms with Crippen LogP contribution in [0.4, 0.5) is 0 Å². The standard InChI is InChI=1S/C13H12S/c1-10-6-2-3-7-11(10)12-8-4-5-9-13(12)14/h2-9,14H,1H3. The van der Waals surface area contributed by atoms with Crippen LogP contribution in [-0.2, 0) is 0 Å². The van der Waals surface area contributed by atoms with E-state index in [1.54, 1.807) is 0 Å². The monoisotopic (exact) mass is 200 g/mol. The Bertz CT molecular complexity index is 403. The molecule has 0 saturated carbocycles. The first-order chi connectivity index (χ1) is 6.79. The van der Waals surface area contributed by atoms with Crippen LogP contribution in [0.2, 0.25) is 0 Å². The Balaban J connectivity index is 2.61. The maximum Gasteiger partial charge on any atom is 0.0119 e. The average Bonchev–Trinajstić information content (AvgIpc) is 2.20. The van der Waals surface area contributed by atoms with Crippen LogP contribution >= 0.6 is 12.6 Å². The van der Waals surface area contributed by atoms with Crippen molar-refractivity contribution in [3.8, 4) is 11.1 Å². The third-order valence-electron chi connectivity index (χ3n) is 2.34. The molecule has 2 aromatic carbocycles. The minimum atomic E-state index is 1.03. The third kappa shape index (κ3) is 1.68. The van der Waals surface area contributed by atoms with Crippen LogP contribution in [0.5, 0.6) is 0 Å². The lowest BCUT2D eigenvalue weighted by molar-refractivity contribution is 1.40. The molecule has 0 atom stereocenters. The molecule has 0 aromatic heterocycles. The summed E-state index contributed by atoms with van der Waals surface area (Å²) in [5, 5.41) is 0. The van der Waals surface area contributed by atoms with Crippen LogP contribution in [0.15, 0.2) is 53.4 Å². The molecule has 0 aliphatic carbocycles. The first kappa shape index (κ1) is 9.35. The van der Waals surface area contributed by atoms with E-state index in [-0.39, 0.29) is 0 Å². The fraction of sp³-hybridized carbons (Fsp3) is 0.0769. The summed E-state index contributed by atoms with van der Waals surface area (Å²) >= 11 is 4.46. The molecule has 0 spiro atoms. The molecule has 0 bridgehead atoms. The molecule has 0 aliphatic rings. The van der Waals surface area contributed by atoms with Gasteiger partial charge < -0.3 is 0 Å². The summed E-state index contributed by atoms with van der Waals surface area (Å²) in [6.07, 6.45) is 0. The second-order valence-electron chi connectivity index (χ2n) is 3.33. The number of benzene rings is 2. The van der Waals surface area contributed by atoms with E-state index >= 15 is 0 Å². The number of rotatable bonds is 1. The van der Waals surface area contributed by atoms with E-state index in [0.717, 1.165) is 4.90 Å². The van der Waals surface area contributed by atoms with Crippen molar-refractivity contribution < 1.29 is 0 Å². The molecule has 0 N–H and O–H groups in total. The third-order valence-corrected chi connectivity index (χ3v) is 2.73. The summed E-state index contributed by atoms with van der Waals surface area (Å²) in [6, 6.07) is 16.5. The summed E-state index contributed by atoms with van der Waals surface area (Å²) in [6.45, 7) is 2.12. The molecule has 14 heavy (non-hydrogen) atoms. The minimum absolute atomic E-state index is 1.03. The SMILES string of the molecule is Cc1ccccc1-c1ccccc1S. The molecule has 0 aliphatic heterocycles. The van der Waals surface area contributed by atoms with Gasteiger partial charge in [-0.25, -0.2) is 0 Å². The van der Waals surface area contributed by atoms with E-state index in [1.807, 2.05) is 18.2 Å². The fourth-order valence-corrected chi connectivity index (χ4v) is 1.86. The number of thiol groups is 1. The van der Waals surface area contributed by atoms with Gasteiger partial charge in [-0.1, -0.05) is 42.5 Å². The van der Waals surface area contributed by atoms with Gasteiger partial charge in [0.05, 0.1) is 0 Å². The van der Waals surface area contributed by atoms with Gasteiger partial charge in [0.25, 0.3) is 0 Å². The van der Waals surface area contributed by atoms with Crippen molar-refractivity contribution in [1.82, 2.24) is 0 Å². The van der Waals surface area contributed by atoms with Gasteiger partial charge in [0.15, 0.2) is 0 Å². The molecule has 0 nitrogen and oxygen atoms in total. The van der Waals surface area contributed by atoms with Crippen molar-refractivity contribution in [3.63, 3.8) is 0 Å². The smallest absolute Gasteiger partial charge is 0.0119 e. The van der Waals surface area contributed by atoms with Crippen molar-refractivity contribution >= 4 is 12.6 Å². The summed E-state index contributed by atoms with van der Waals surface area (Å²) in [4.78, 5) is 1.03. The Morgan fingerprint density at radius 3 is 2.00 bits per heavy atom. The molecular weight excluding hydrogens is 188 g/mol. The van der Waals surface area contributed by atoms with Gasteiger partial charge >= 0.3 is 0 Å². The molecule has 2 rings (SSSR count). The first-order valence-corrected chi connectivity index (χ1v) is 5.08. The molecule has 70 valence electrons. The van der Waals surface area contributed by atoms with Crippen molar-refractivity contribution in [2.24, 2.45) is 0 Å². The second-order valence-corrected chi connectivity index (χ2v) is 3.81. The summed E-state index contributed by atoms with van der Waals surface area (Å²) in [7, 11) is 0. The highest BCUT2D eigenvalue weighted by atomic mass is 32.1. The van der Waals surface area contributed by atoms with Gasteiger partial charge in [-0.2, -0.15) is 0 Å². The Labute approximate surface area is 90.0 Å². The van der Waals surface area contributed by atoms with E-state index in [1.165, 1.54) is 16.7 Å². The van der Waals surface area contributed by atoms with E-state index in [9.17, 15) is 0 Å². The summed E-state index contributed by atoms with van der Waals surface area (Å²) in [5.74, 6) is 0. The van der Waals surface area contributed by atoms with E-state index in [0.29, 0.717) is 0 Å². The van der Waals surface area contributed by atoms with Gasteiger partial charge in [-0.15, -0.1) is 12.6 Å². The number of hydrogen-bond acceptors (Lipinski definition) is 1. The zero-order chi connectivity index (χ0) is 9.97. The maximum absolute atomic E-state index is 4.46. The van der Waals surface area contributed by atoms with Crippen LogP contribution in [-0.4, -0.2) is 0 Å². The Hall–Kier alpha value is -1.21. The predicted molar refractivity (Wildman–Crippen MR) is 63.9 cm³/mol. The second kappa shape index (κ2) is 3.89. The van der Waals surface area contributed by atoms with Gasteiger partial charge in [-0.05, 0) is 29.7 Å². The lowest BCUT2D eigenvalue weighted by Gasteiger charge is -2.07. The molecular formula is C13H12S. The van der Waals surface area contributed by atoms with Crippen molar-refractivity contribution in [1.29, 1.82) is 0 Å². The van der Waals surface area contributed by atoms with Crippen LogP contribution in [0.3, 0.4) is 0 Å². The Morgan fingerprint density at radius 1 is 0.786 bits per heavy atom. The largest absolute Gasteiger partial charge is 0.143 e. The number of aryl methyl sites for hydroxylation is 1. The maximum atomic E-state index is 4.46. The summed E-state index contributed by atoms with van der Waals surface area (Å²) < 4.78 is 0. The van der Waals surface area contributed by atoms with E-state index < -0.39 is 0 Å². The van der Waals surface area contributed by atoms with Crippen LogP contribution in [0.25, 0.3) is 11.1 Å². The normalized spacial score (nSPS) is 10.1. The molecule has 0 saturated heterocycles. The van der Waals surface area contributed by atoms with Gasteiger partial charge in [0.1, 0.15) is 0 Å². The highest BCUT2D eigenvalue weighted by Crippen LogP contribution is 2.28. The quantitative estimate of drug-likeness (QED) is 0.662. The molecule has 0 fully saturated rings. The highest BCUT2D eigenvalue weighted by Gasteiger charge is 2.02. The lowest BCUT2D eigenvalue weighted by Crippen LogP contribution is -1.83. The first-order valence-electron chi connectivity index (χ1n) is 4.63. The van der Waals surface area contributed by atoms with Crippen molar-refractivity contribution in [2.75, 3.05) is 0 Å². The zero-order valence-electron chi connectivity index (χ0n) is 8.07. The van der Waals surface area contributed by atoms with Gasteiger partial charge in [0, 0.05) is 4.90 Å². The van der Waals surface area contributed by atoms with E-state index in [2.05, 4.69) is 49.9 Å². The van der Waals surface area contributed by atoms with Crippen LogP contribution < -0.4 is 0 Å². The van der Waals surface area contributed by atoms with Crippen molar-refractivity contribution in [3.05, 3.63) is 54.1 Å². The van der Waals surface area contributed by atoms with Gasteiger partial charge in [-0.3, -0.25) is 0 Å². The summed E-state index contributed by atoms with van der Waals surface area (Å²) in [5.41, 5.74) is 3.75. The topological polar surface area (TPSA) is 0 Å². The molecule has 0 amide bonds. The molecule has 1 heteroatoms. The van der Waals surface area contributed by atoms with Crippen LogP contribution in [0.1, 0.15) is 5.56 Å². The van der Waals surface area contributed by atoms with E-state index in [4.69, 9.17) is 0 Å². The predicted octanol–water partition coefficient (Wildman–Crippen LogP) is 3.95. The highest BCUT2D eigenvalue weighted by molar-refractivity contribution is 7.80. The molecule has 0 heterocycles. The van der Waals surface area contributed by atoms with Crippen molar-refractivity contribution in [2.45, 2.75) is 11.8 Å². The molecule has 2 aromatic rings. The fourth-order valence-electron chi connectivity index (χ4n) is 1.58. The Morgan fingerprint density at radius 2 is 1.36 bits per heavy atom. The van der Waals surface area contributed by atoms with Gasteiger partial charge in [0.2, 0.25) is 0 Å². The Kier molecular flexibility index (Phi) is 2.60. The average molecular weight is 200 g/mol. The van der Waals surface area contributed by atoms with Crippen LogP contribution in [0, 0.1) is 6.92 Å². The molecule has 0 unspecified atom stereocenters. The molecule has 0 radical (unpaired) electrons. The lowest BCUT2D eigenvalue weighted by atomic mass is 10.0. The zero-order valence-corrected chi connectivity index (χ0v) is 8.96. The number of hydrogen-bond donors (Lipinski definition) is 1.